The fourth-order valence-electron chi connectivity index (χ4n) is 1.46. The van der Waals surface area contributed by atoms with E-state index < -0.39 is 11.4 Å². The predicted octanol–water partition coefficient (Wildman–Crippen LogP) is 1.62. The first-order chi connectivity index (χ1) is 5.31. The van der Waals surface area contributed by atoms with Crippen molar-refractivity contribution in [2.24, 2.45) is 0 Å². The zero-order valence-corrected chi connectivity index (χ0v) is 7.61. The van der Waals surface area contributed by atoms with Gasteiger partial charge >= 0.3 is 0 Å². The Morgan fingerprint density at radius 2 is 2.00 bits per heavy atom. The standard InChI is InChI=1S/C8H14BF2N/c1-7(2,9)12-5-3-4-8(10,11)6-12/h3-6H2,1-2H3. The molecule has 0 N–H and O–H groups in total. The average molecular weight is 173 g/mol. The highest BCUT2D eigenvalue weighted by Gasteiger charge is 2.38. The van der Waals surface area contributed by atoms with Crippen LogP contribution in [0.2, 0.25) is 0 Å². The number of likely N-dealkylation sites (tertiary alicyclic amines) is 1. The van der Waals surface area contributed by atoms with Crippen LogP contribution in [-0.4, -0.2) is 37.2 Å². The van der Waals surface area contributed by atoms with Crippen molar-refractivity contribution < 1.29 is 8.78 Å². The summed E-state index contributed by atoms with van der Waals surface area (Å²) in [6.07, 6.45) is 0.535. The van der Waals surface area contributed by atoms with Crippen molar-refractivity contribution in [2.45, 2.75) is 38.0 Å². The van der Waals surface area contributed by atoms with Crippen molar-refractivity contribution in [1.29, 1.82) is 0 Å². The minimum atomic E-state index is -2.55. The number of alkyl halides is 2. The fraction of sp³-hybridized carbons (Fsp3) is 1.00. The first-order valence-corrected chi connectivity index (χ1v) is 4.23. The minimum absolute atomic E-state index is 0.000417. The maximum atomic E-state index is 12.9. The van der Waals surface area contributed by atoms with Gasteiger partial charge in [-0.25, -0.2) is 8.78 Å². The lowest BCUT2D eigenvalue weighted by molar-refractivity contribution is -0.0769. The van der Waals surface area contributed by atoms with Gasteiger partial charge in [0.1, 0.15) is 0 Å². The van der Waals surface area contributed by atoms with Gasteiger partial charge in [0.2, 0.25) is 0 Å². The van der Waals surface area contributed by atoms with Crippen LogP contribution in [0.3, 0.4) is 0 Å². The molecule has 1 aliphatic rings. The first-order valence-electron chi connectivity index (χ1n) is 4.23. The van der Waals surface area contributed by atoms with Crippen LogP contribution in [-0.2, 0) is 0 Å². The summed E-state index contributed by atoms with van der Waals surface area (Å²) in [6.45, 7) is 4.00. The highest BCUT2D eigenvalue weighted by Crippen LogP contribution is 2.29. The van der Waals surface area contributed by atoms with Gasteiger partial charge in [0.15, 0.2) is 0 Å². The molecule has 1 heterocycles. The van der Waals surface area contributed by atoms with E-state index >= 15 is 0 Å². The van der Waals surface area contributed by atoms with Crippen LogP contribution in [0.4, 0.5) is 8.78 Å². The molecule has 0 unspecified atom stereocenters. The highest BCUT2D eigenvalue weighted by molar-refractivity contribution is 6.14. The predicted molar refractivity (Wildman–Crippen MR) is 45.6 cm³/mol. The third-order valence-corrected chi connectivity index (χ3v) is 2.21. The van der Waals surface area contributed by atoms with Crippen LogP contribution >= 0.6 is 0 Å². The molecule has 1 aliphatic heterocycles. The van der Waals surface area contributed by atoms with Crippen molar-refractivity contribution in [3.63, 3.8) is 0 Å². The molecule has 1 rings (SSSR count). The lowest BCUT2D eigenvalue weighted by atomic mass is 9.78. The van der Waals surface area contributed by atoms with Gasteiger partial charge in [-0.1, -0.05) is 13.8 Å². The molecule has 0 saturated carbocycles. The molecule has 0 aromatic heterocycles. The third-order valence-electron chi connectivity index (χ3n) is 2.21. The monoisotopic (exact) mass is 173 g/mol. The SMILES string of the molecule is [B]C(C)(C)N1CCCC(F)(F)C1. The minimum Gasteiger partial charge on any atom is -0.301 e. The Labute approximate surface area is 73.5 Å². The molecule has 4 heteroatoms. The van der Waals surface area contributed by atoms with E-state index in [0.717, 1.165) is 0 Å². The van der Waals surface area contributed by atoms with Gasteiger partial charge in [0.05, 0.1) is 14.4 Å². The van der Waals surface area contributed by atoms with Crippen LogP contribution in [0.5, 0.6) is 0 Å². The Kier molecular flexibility index (Phi) is 2.48. The Morgan fingerprint density at radius 1 is 1.42 bits per heavy atom. The Balaban J connectivity index is 2.58. The zero-order valence-electron chi connectivity index (χ0n) is 7.61. The van der Waals surface area contributed by atoms with E-state index in [4.69, 9.17) is 7.85 Å². The van der Waals surface area contributed by atoms with Crippen molar-refractivity contribution in [3.05, 3.63) is 0 Å². The summed E-state index contributed by atoms with van der Waals surface area (Å²) < 4.78 is 25.8. The quantitative estimate of drug-likeness (QED) is 0.544. The van der Waals surface area contributed by atoms with Crippen LogP contribution in [0.1, 0.15) is 26.7 Å². The van der Waals surface area contributed by atoms with Gasteiger partial charge in [0.25, 0.3) is 5.92 Å². The molecular formula is C8H14BF2N. The summed E-state index contributed by atoms with van der Waals surface area (Å²) in [5.74, 6) is -2.55. The molecule has 0 spiro atoms. The van der Waals surface area contributed by atoms with Crippen LogP contribution in [0.25, 0.3) is 0 Å². The second-order valence-electron chi connectivity index (χ2n) is 4.03. The summed E-state index contributed by atoms with van der Waals surface area (Å²) in [6, 6.07) is 0. The molecule has 1 nitrogen and oxygen atoms in total. The number of piperidine rings is 1. The van der Waals surface area contributed by atoms with E-state index in [1.807, 2.05) is 0 Å². The lowest BCUT2D eigenvalue weighted by Crippen LogP contribution is -2.53. The molecule has 1 saturated heterocycles. The molecule has 1 fully saturated rings. The molecule has 0 bridgehead atoms. The Bertz CT molecular complexity index is 162. The topological polar surface area (TPSA) is 3.24 Å². The lowest BCUT2D eigenvalue weighted by Gasteiger charge is -2.41. The number of hydrogen-bond acceptors (Lipinski definition) is 1. The first kappa shape index (κ1) is 9.97. The Hall–Kier alpha value is -0.115. The smallest absolute Gasteiger partial charge is 0.260 e. The molecule has 0 amide bonds. The van der Waals surface area contributed by atoms with E-state index in [9.17, 15) is 8.78 Å². The number of hydrogen-bond donors (Lipinski definition) is 0. The number of halogens is 2. The summed E-state index contributed by atoms with van der Waals surface area (Å²) in [5.41, 5.74) is -0.621. The van der Waals surface area contributed by atoms with Gasteiger partial charge < -0.3 is 4.90 Å². The van der Waals surface area contributed by atoms with Crippen LogP contribution in [0.15, 0.2) is 0 Å². The normalized spacial score (nSPS) is 25.7. The summed E-state index contributed by atoms with van der Waals surface area (Å²) in [5, 5.41) is 0. The van der Waals surface area contributed by atoms with Crippen molar-refractivity contribution in [1.82, 2.24) is 4.90 Å². The molecule has 0 aromatic rings. The molecule has 0 atom stereocenters. The zero-order chi connectivity index (χ0) is 9.41. The summed E-state index contributed by atoms with van der Waals surface area (Å²) in [7, 11) is 5.72. The van der Waals surface area contributed by atoms with Gasteiger partial charge in [-0.3, -0.25) is 0 Å². The second-order valence-corrected chi connectivity index (χ2v) is 4.03. The summed E-state index contributed by atoms with van der Waals surface area (Å²) in [4.78, 5) is 1.64. The highest BCUT2D eigenvalue weighted by atomic mass is 19.3. The third kappa shape index (κ3) is 2.44. The second kappa shape index (κ2) is 2.98. The molecule has 12 heavy (non-hydrogen) atoms. The maximum Gasteiger partial charge on any atom is 0.260 e. The molecular weight excluding hydrogens is 159 g/mol. The molecule has 68 valence electrons. The fourth-order valence-corrected chi connectivity index (χ4v) is 1.46. The number of rotatable bonds is 1. The van der Waals surface area contributed by atoms with E-state index in [-0.39, 0.29) is 13.0 Å². The Morgan fingerprint density at radius 3 is 2.33 bits per heavy atom. The van der Waals surface area contributed by atoms with E-state index in [1.165, 1.54) is 0 Å². The van der Waals surface area contributed by atoms with E-state index in [0.29, 0.717) is 13.0 Å². The van der Waals surface area contributed by atoms with Crippen molar-refractivity contribution in [3.8, 4) is 0 Å². The van der Waals surface area contributed by atoms with E-state index in [1.54, 1.807) is 18.7 Å². The van der Waals surface area contributed by atoms with Gasteiger partial charge in [-0.15, -0.1) is 0 Å². The maximum absolute atomic E-state index is 12.9. The molecule has 2 radical (unpaired) electrons. The van der Waals surface area contributed by atoms with E-state index in [2.05, 4.69) is 0 Å². The van der Waals surface area contributed by atoms with Gasteiger partial charge in [0, 0.05) is 6.42 Å². The van der Waals surface area contributed by atoms with Crippen LogP contribution in [0, 0.1) is 0 Å². The van der Waals surface area contributed by atoms with Crippen LogP contribution < -0.4 is 0 Å². The average Bonchev–Trinajstić information content (AvgIpc) is 1.83. The van der Waals surface area contributed by atoms with Crippen molar-refractivity contribution >= 4 is 7.85 Å². The van der Waals surface area contributed by atoms with Crippen molar-refractivity contribution in [2.75, 3.05) is 13.1 Å². The van der Waals surface area contributed by atoms with Gasteiger partial charge in [-0.05, 0) is 18.4 Å². The summed E-state index contributed by atoms with van der Waals surface area (Å²) >= 11 is 0. The molecule has 0 aliphatic carbocycles. The largest absolute Gasteiger partial charge is 0.301 e. The molecule has 0 aromatic carbocycles. The van der Waals surface area contributed by atoms with Gasteiger partial charge in [-0.2, -0.15) is 0 Å². The number of nitrogens with zero attached hydrogens (tertiary/aromatic N) is 1.